The summed E-state index contributed by atoms with van der Waals surface area (Å²) >= 11 is 0. The van der Waals surface area contributed by atoms with E-state index in [0.717, 1.165) is 25.8 Å². The summed E-state index contributed by atoms with van der Waals surface area (Å²) in [7, 11) is 0. The predicted molar refractivity (Wildman–Crippen MR) is 89.6 cm³/mol. The average molecular weight is 289 g/mol. The highest BCUT2D eigenvalue weighted by molar-refractivity contribution is 5.26. The molecule has 1 aliphatic rings. The number of nitrogens with one attached hydrogen (secondary N) is 1. The maximum absolute atomic E-state index is 6.11. The molecule has 0 saturated carbocycles. The van der Waals surface area contributed by atoms with Gasteiger partial charge in [-0.05, 0) is 56.2 Å². The third-order valence-electron chi connectivity index (χ3n) is 4.23. The van der Waals surface area contributed by atoms with Crippen LogP contribution in [-0.2, 0) is 11.2 Å². The van der Waals surface area contributed by atoms with Crippen molar-refractivity contribution in [3.05, 3.63) is 35.4 Å². The molecule has 2 nitrogen and oxygen atoms in total. The maximum atomic E-state index is 6.11. The van der Waals surface area contributed by atoms with Crippen LogP contribution in [0, 0.1) is 5.92 Å². The number of ether oxygens (including phenoxy) is 1. The van der Waals surface area contributed by atoms with E-state index in [4.69, 9.17) is 4.74 Å². The Hall–Kier alpha value is -0.860. The second-order valence-corrected chi connectivity index (χ2v) is 6.83. The molecule has 1 saturated heterocycles. The average Bonchev–Trinajstić information content (AvgIpc) is 2.87. The number of hydrogen-bond donors (Lipinski definition) is 1. The molecular weight excluding hydrogens is 258 g/mol. The number of hydrogen-bond acceptors (Lipinski definition) is 2. The van der Waals surface area contributed by atoms with E-state index in [1.54, 1.807) is 0 Å². The smallest absolute Gasteiger partial charge is 0.0774 e. The van der Waals surface area contributed by atoms with Crippen LogP contribution >= 0.6 is 0 Å². The minimum absolute atomic E-state index is 0.322. The summed E-state index contributed by atoms with van der Waals surface area (Å²) < 4.78 is 6.11. The fraction of sp³-hybridized carbons (Fsp3) is 0.684. The molecule has 118 valence electrons. The van der Waals surface area contributed by atoms with Crippen molar-refractivity contribution >= 4 is 0 Å². The van der Waals surface area contributed by atoms with Crippen molar-refractivity contribution in [2.75, 3.05) is 6.54 Å². The van der Waals surface area contributed by atoms with Gasteiger partial charge in [-0.2, -0.15) is 0 Å². The van der Waals surface area contributed by atoms with E-state index in [0.29, 0.717) is 24.2 Å². The molecule has 0 spiro atoms. The van der Waals surface area contributed by atoms with Gasteiger partial charge in [0.2, 0.25) is 0 Å². The van der Waals surface area contributed by atoms with E-state index in [1.807, 2.05) is 0 Å². The Morgan fingerprint density at radius 1 is 1.19 bits per heavy atom. The molecule has 0 bridgehead atoms. The molecule has 1 aromatic rings. The molecule has 0 aromatic heterocycles. The van der Waals surface area contributed by atoms with Crippen molar-refractivity contribution in [2.45, 2.75) is 71.6 Å². The summed E-state index contributed by atoms with van der Waals surface area (Å²) in [6, 6.07) is 9.49. The molecule has 0 radical (unpaired) electrons. The highest BCUT2D eigenvalue weighted by Crippen LogP contribution is 2.30. The van der Waals surface area contributed by atoms with Crippen LogP contribution in [0.2, 0.25) is 0 Å². The van der Waals surface area contributed by atoms with E-state index < -0.39 is 0 Å². The monoisotopic (exact) mass is 289 g/mol. The van der Waals surface area contributed by atoms with Gasteiger partial charge in [0.05, 0.1) is 18.2 Å². The first kappa shape index (κ1) is 16.5. The van der Waals surface area contributed by atoms with Gasteiger partial charge < -0.3 is 10.1 Å². The lowest BCUT2D eigenvalue weighted by atomic mass is 9.96. The van der Waals surface area contributed by atoms with Gasteiger partial charge in [-0.15, -0.1) is 0 Å². The normalized spacial score (nSPS) is 23.7. The first-order valence-corrected chi connectivity index (χ1v) is 8.57. The first-order chi connectivity index (χ1) is 10.1. The largest absolute Gasteiger partial charge is 0.373 e. The summed E-state index contributed by atoms with van der Waals surface area (Å²) in [6.45, 7) is 9.99. The Bertz CT molecular complexity index is 412. The second kappa shape index (κ2) is 7.95. The Morgan fingerprint density at radius 3 is 2.43 bits per heavy atom. The lowest BCUT2D eigenvalue weighted by Gasteiger charge is -2.25. The molecule has 1 aliphatic heterocycles. The second-order valence-electron chi connectivity index (χ2n) is 6.83. The van der Waals surface area contributed by atoms with Crippen LogP contribution in [0.5, 0.6) is 0 Å². The number of benzene rings is 1. The quantitative estimate of drug-likeness (QED) is 0.798. The van der Waals surface area contributed by atoms with Gasteiger partial charge in [-0.1, -0.05) is 45.0 Å². The molecular formula is C19H31NO. The van der Waals surface area contributed by atoms with Gasteiger partial charge >= 0.3 is 0 Å². The molecule has 2 heteroatoms. The van der Waals surface area contributed by atoms with Gasteiger partial charge in [-0.3, -0.25) is 0 Å². The summed E-state index contributed by atoms with van der Waals surface area (Å²) in [4.78, 5) is 0. The molecule has 21 heavy (non-hydrogen) atoms. The van der Waals surface area contributed by atoms with Gasteiger partial charge in [0.25, 0.3) is 0 Å². The third-order valence-corrected chi connectivity index (χ3v) is 4.23. The van der Waals surface area contributed by atoms with Crippen LogP contribution in [0.25, 0.3) is 0 Å². The van der Waals surface area contributed by atoms with Gasteiger partial charge in [-0.25, -0.2) is 0 Å². The molecule has 1 aromatic carbocycles. The molecule has 1 fully saturated rings. The SMILES string of the molecule is CCCNC(c1ccc(CC(C)C)cc1)C1CCC(C)O1. The van der Waals surface area contributed by atoms with Crippen LogP contribution < -0.4 is 5.32 Å². The third kappa shape index (κ3) is 4.82. The van der Waals surface area contributed by atoms with Crippen LogP contribution in [0.1, 0.15) is 64.1 Å². The molecule has 0 aliphatic carbocycles. The topological polar surface area (TPSA) is 21.3 Å². The van der Waals surface area contributed by atoms with Crippen molar-refractivity contribution < 1.29 is 4.74 Å². The lowest BCUT2D eigenvalue weighted by molar-refractivity contribution is 0.0316. The molecule has 2 rings (SSSR count). The van der Waals surface area contributed by atoms with Crippen molar-refractivity contribution in [1.29, 1.82) is 0 Å². The standard InChI is InChI=1S/C19H31NO/c1-5-12-20-19(18-11-6-15(4)21-18)17-9-7-16(8-10-17)13-14(2)3/h7-10,14-15,18-20H,5-6,11-13H2,1-4H3. The first-order valence-electron chi connectivity index (χ1n) is 8.57. The van der Waals surface area contributed by atoms with Crippen molar-refractivity contribution in [3.63, 3.8) is 0 Å². The number of rotatable bonds is 7. The van der Waals surface area contributed by atoms with Crippen LogP contribution in [0.4, 0.5) is 0 Å². The fourth-order valence-electron chi connectivity index (χ4n) is 3.17. The predicted octanol–water partition coefficient (Wildman–Crippen LogP) is 4.49. The summed E-state index contributed by atoms with van der Waals surface area (Å²) in [5.41, 5.74) is 2.80. The zero-order valence-corrected chi connectivity index (χ0v) is 14.1. The molecule has 3 unspecified atom stereocenters. The maximum Gasteiger partial charge on any atom is 0.0774 e. The summed E-state index contributed by atoms with van der Waals surface area (Å²) in [5, 5.41) is 3.68. The summed E-state index contributed by atoms with van der Waals surface area (Å²) in [5.74, 6) is 0.712. The van der Waals surface area contributed by atoms with Crippen LogP contribution in [-0.4, -0.2) is 18.8 Å². The Labute approximate surface area is 130 Å². The van der Waals surface area contributed by atoms with E-state index in [1.165, 1.54) is 17.5 Å². The van der Waals surface area contributed by atoms with Crippen molar-refractivity contribution in [2.24, 2.45) is 5.92 Å². The minimum Gasteiger partial charge on any atom is -0.373 e. The van der Waals surface area contributed by atoms with Crippen molar-refractivity contribution in [1.82, 2.24) is 5.32 Å². The van der Waals surface area contributed by atoms with Gasteiger partial charge in [0.15, 0.2) is 0 Å². The van der Waals surface area contributed by atoms with Gasteiger partial charge in [0, 0.05) is 0 Å². The zero-order chi connectivity index (χ0) is 15.2. The Kier molecular flexibility index (Phi) is 6.25. The minimum atomic E-state index is 0.322. The molecule has 3 atom stereocenters. The molecule has 0 amide bonds. The fourth-order valence-corrected chi connectivity index (χ4v) is 3.17. The molecule has 1 N–H and O–H groups in total. The Balaban J connectivity index is 2.08. The van der Waals surface area contributed by atoms with Crippen LogP contribution in [0.15, 0.2) is 24.3 Å². The van der Waals surface area contributed by atoms with E-state index in [9.17, 15) is 0 Å². The van der Waals surface area contributed by atoms with Crippen molar-refractivity contribution in [3.8, 4) is 0 Å². The Morgan fingerprint density at radius 2 is 1.90 bits per heavy atom. The highest BCUT2D eigenvalue weighted by Gasteiger charge is 2.30. The lowest BCUT2D eigenvalue weighted by Crippen LogP contribution is -2.32. The van der Waals surface area contributed by atoms with Crippen LogP contribution in [0.3, 0.4) is 0 Å². The highest BCUT2D eigenvalue weighted by atomic mass is 16.5. The van der Waals surface area contributed by atoms with E-state index in [2.05, 4.69) is 57.3 Å². The molecule has 1 heterocycles. The van der Waals surface area contributed by atoms with Gasteiger partial charge in [0.1, 0.15) is 0 Å². The van der Waals surface area contributed by atoms with E-state index >= 15 is 0 Å². The van der Waals surface area contributed by atoms with E-state index in [-0.39, 0.29) is 0 Å². The summed E-state index contributed by atoms with van der Waals surface area (Å²) in [6.07, 6.45) is 5.38. The zero-order valence-electron chi connectivity index (χ0n) is 14.1.